The molecule has 0 fully saturated rings. The van der Waals surface area contributed by atoms with E-state index in [2.05, 4.69) is 46.4 Å². The van der Waals surface area contributed by atoms with Crippen LogP contribution in [0.5, 0.6) is 0 Å². The highest BCUT2D eigenvalue weighted by Gasteiger charge is 2.37. The van der Waals surface area contributed by atoms with Gasteiger partial charge in [0.15, 0.2) is 11.2 Å². The van der Waals surface area contributed by atoms with Crippen LogP contribution in [0.25, 0.3) is 0 Å². The summed E-state index contributed by atoms with van der Waals surface area (Å²) in [6.07, 6.45) is 37.7. The molecule has 0 aliphatic rings. The number of ether oxygens (including phenoxy) is 8. The predicted molar refractivity (Wildman–Crippen MR) is 306 cm³/mol. The van der Waals surface area contributed by atoms with Gasteiger partial charge in [-0.2, -0.15) is 0 Å². The van der Waals surface area contributed by atoms with Gasteiger partial charge < -0.3 is 47.9 Å². The zero-order valence-electron chi connectivity index (χ0n) is 49.7. The maximum atomic E-state index is 13.4. The molecule has 0 aromatic carbocycles. The van der Waals surface area contributed by atoms with E-state index < -0.39 is 11.2 Å². The second-order valence-corrected chi connectivity index (χ2v) is 21.6. The van der Waals surface area contributed by atoms with Crippen LogP contribution in [0.2, 0.25) is 0 Å². The largest absolute Gasteiger partial charge is 0.452 e. The lowest BCUT2D eigenvalue weighted by molar-refractivity contribution is -0.189. The van der Waals surface area contributed by atoms with Crippen LogP contribution in [0.4, 0.5) is 0 Å². The molecule has 0 amide bonds. The molecule has 0 radical (unpaired) electrons. The van der Waals surface area contributed by atoms with Crippen molar-refractivity contribution in [1.29, 1.82) is 0 Å². The Balaban J connectivity index is 4.99. The molecular weight excluding hydrogens is 935 g/mol. The van der Waals surface area contributed by atoms with E-state index in [1.54, 1.807) is 0 Å². The molecule has 0 saturated carbocycles. The minimum atomic E-state index is -0.941. The molecule has 0 saturated heterocycles. The van der Waals surface area contributed by atoms with Crippen LogP contribution in [0.3, 0.4) is 0 Å². The third-order valence-corrected chi connectivity index (χ3v) is 13.8. The fourth-order valence-corrected chi connectivity index (χ4v) is 9.09. The van der Waals surface area contributed by atoms with Crippen LogP contribution >= 0.6 is 0 Å². The van der Waals surface area contributed by atoms with Crippen molar-refractivity contribution in [3.63, 3.8) is 0 Å². The average molecular weight is 1060 g/mol. The highest BCUT2D eigenvalue weighted by molar-refractivity contribution is 5.70. The number of carbonyl (C=O) groups is 2. The maximum Gasteiger partial charge on any atom is 0.306 e. The van der Waals surface area contributed by atoms with Crippen LogP contribution < -0.4 is 0 Å². The number of nitrogens with zero attached hydrogens (tertiary/aromatic N) is 1. The van der Waals surface area contributed by atoms with Gasteiger partial charge in [-0.3, -0.25) is 9.59 Å². The zero-order valence-corrected chi connectivity index (χ0v) is 49.7. The van der Waals surface area contributed by atoms with E-state index >= 15 is 0 Å². The third-order valence-electron chi connectivity index (χ3n) is 13.8. The van der Waals surface area contributed by atoms with Crippen molar-refractivity contribution in [3.8, 4) is 0 Å². The first kappa shape index (κ1) is 72.6. The number of rotatable bonds is 62. The molecule has 12 nitrogen and oxygen atoms in total. The van der Waals surface area contributed by atoms with Gasteiger partial charge in [0.05, 0.1) is 46.2 Å². The quantitative estimate of drug-likeness (QED) is 0.0459. The van der Waals surface area contributed by atoms with Gasteiger partial charge in [-0.05, 0) is 77.3 Å². The highest BCUT2D eigenvalue weighted by atomic mass is 16.6. The normalized spacial score (nSPS) is 12.1. The summed E-state index contributed by atoms with van der Waals surface area (Å²) in [6, 6.07) is 0. The Hall–Kier alpha value is -1.38. The van der Waals surface area contributed by atoms with E-state index in [1.165, 1.54) is 77.0 Å². The first-order chi connectivity index (χ1) is 36.3. The number of aliphatic hydroxyl groups excluding tert-OH is 1. The first-order valence-electron chi connectivity index (χ1n) is 31.5. The summed E-state index contributed by atoms with van der Waals surface area (Å²) in [5, 5.41) is 9.82. The van der Waals surface area contributed by atoms with Crippen LogP contribution in [-0.4, -0.2) is 139 Å². The van der Waals surface area contributed by atoms with E-state index in [0.717, 1.165) is 154 Å². The van der Waals surface area contributed by atoms with Crippen molar-refractivity contribution in [2.24, 2.45) is 0 Å². The Morgan fingerprint density at radius 2 is 0.541 bits per heavy atom. The van der Waals surface area contributed by atoms with Crippen molar-refractivity contribution in [1.82, 2.24) is 4.90 Å². The molecular formula is C62H123NO11. The molecule has 1 N–H and O–H groups in total. The topological polar surface area (TPSA) is 131 Å². The van der Waals surface area contributed by atoms with E-state index in [9.17, 15) is 14.7 Å². The number of esters is 2. The van der Waals surface area contributed by atoms with E-state index in [0.29, 0.717) is 59.0 Å². The molecule has 0 aliphatic heterocycles. The molecule has 0 aromatic rings. The van der Waals surface area contributed by atoms with Crippen molar-refractivity contribution >= 4 is 11.9 Å². The molecule has 0 rings (SSSR count). The smallest absolute Gasteiger partial charge is 0.306 e. The maximum absolute atomic E-state index is 13.4. The van der Waals surface area contributed by atoms with Crippen LogP contribution in [-0.2, 0) is 47.5 Å². The van der Waals surface area contributed by atoms with Crippen LogP contribution in [0.15, 0.2) is 0 Å². The average Bonchev–Trinajstić information content (AvgIpc) is 3.39. The summed E-state index contributed by atoms with van der Waals surface area (Å²) in [6.45, 7) is 21.6. The Morgan fingerprint density at radius 3 is 0.784 bits per heavy atom. The van der Waals surface area contributed by atoms with Crippen LogP contribution in [0, 0.1) is 0 Å². The Morgan fingerprint density at radius 1 is 0.311 bits per heavy atom. The van der Waals surface area contributed by atoms with Gasteiger partial charge in [0.1, 0.15) is 0 Å². The molecule has 0 aromatic heterocycles. The number of hydrogen-bond acceptors (Lipinski definition) is 12. The second-order valence-electron chi connectivity index (χ2n) is 21.6. The summed E-state index contributed by atoms with van der Waals surface area (Å²) in [7, 11) is 0. The molecule has 0 aliphatic carbocycles. The lowest BCUT2D eigenvalue weighted by Crippen LogP contribution is -2.49. The summed E-state index contributed by atoms with van der Waals surface area (Å²) >= 11 is 0. The van der Waals surface area contributed by atoms with Crippen molar-refractivity contribution in [2.45, 2.75) is 284 Å². The number of aliphatic hydroxyl groups is 1. The Labute approximate surface area is 457 Å². The second kappa shape index (κ2) is 56.3. The molecule has 12 heteroatoms. The van der Waals surface area contributed by atoms with Gasteiger partial charge in [0.25, 0.3) is 0 Å². The molecule has 74 heavy (non-hydrogen) atoms. The van der Waals surface area contributed by atoms with E-state index in [-0.39, 0.29) is 58.2 Å². The summed E-state index contributed by atoms with van der Waals surface area (Å²) < 4.78 is 49.7. The Bertz CT molecular complexity index is 996. The molecule has 0 unspecified atom stereocenters. The summed E-state index contributed by atoms with van der Waals surface area (Å²) in [5.74, 6) is -0.395. The third kappa shape index (κ3) is 46.7. The minimum absolute atomic E-state index is 0.155. The van der Waals surface area contributed by atoms with Gasteiger partial charge >= 0.3 is 11.9 Å². The number of hydrogen-bond donors (Lipinski definition) is 1. The lowest BCUT2D eigenvalue weighted by atomic mass is 10.1. The van der Waals surface area contributed by atoms with Crippen LogP contribution in [0.1, 0.15) is 273 Å². The van der Waals surface area contributed by atoms with Gasteiger partial charge in [-0.1, -0.05) is 196 Å². The molecule has 0 spiro atoms. The van der Waals surface area contributed by atoms with Crippen molar-refractivity contribution in [2.75, 3.05) is 106 Å². The van der Waals surface area contributed by atoms with E-state index in [1.807, 2.05) is 0 Å². The summed E-state index contributed by atoms with van der Waals surface area (Å²) in [4.78, 5) is 29.2. The minimum Gasteiger partial charge on any atom is -0.452 e. The fraction of sp³-hybridized carbons (Fsp3) is 0.968. The fourth-order valence-electron chi connectivity index (χ4n) is 9.09. The molecule has 0 atom stereocenters. The molecule has 0 heterocycles. The van der Waals surface area contributed by atoms with Crippen molar-refractivity contribution in [3.05, 3.63) is 0 Å². The standard InChI is InChI=1S/C62H123NO11/c1-7-13-19-35-47-67-53-61(54-68-48-36-20-14-8-2,55-69-49-37-21-15-9-3)73-59(65)41-31-27-25-29-33-43-63(45-46-64)44-34-30-26-28-32-42-60(66)74-62(56-70-50-38-22-16-10-4,57-71-51-39-23-17-11-5)58-72-52-40-24-18-12-6/h64H,7-58H2,1-6H3. The van der Waals surface area contributed by atoms with E-state index in [4.69, 9.17) is 37.9 Å². The SMILES string of the molecule is CCCCCCOCC(COCCCCCC)(COCCCCCC)OC(=O)CCCCCCCN(CCO)CCCCCCCC(=O)OC(COCCCCCC)(COCCCCCC)COCCCCCC. The monoisotopic (exact) mass is 1060 g/mol. The highest BCUT2D eigenvalue weighted by Crippen LogP contribution is 2.21. The van der Waals surface area contributed by atoms with Gasteiger partial charge in [0.2, 0.25) is 0 Å². The van der Waals surface area contributed by atoms with Gasteiger partial charge in [0, 0.05) is 59.0 Å². The number of carbonyl (C=O) groups excluding carboxylic acids is 2. The first-order valence-corrected chi connectivity index (χ1v) is 31.5. The lowest BCUT2D eigenvalue weighted by Gasteiger charge is -2.33. The van der Waals surface area contributed by atoms with Gasteiger partial charge in [-0.15, -0.1) is 0 Å². The number of unbranched alkanes of at least 4 members (excludes halogenated alkanes) is 26. The zero-order chi connectivity index (χ0) is 54.2. The van der Waals surface area contributed by atoms with Crippen molar-refractivity contribution < 1.29 is 52.6 Å². The molecule has 442 valence electrons. The van der Waals surface area contributed by atoms with Gasteiger partial charge in [-0.25, -0.2) is 0 Å². The Kier molecular flexibility index (Phi) is 55.3. The predicted octanol–water partition coefficient (Wildman–Crippen LogP) is 15.1. The molecule has 0 bridgehead atoms. The summed E-state index contributed by atoms with van der Waals surface area (Å²) in [5.41, 5.74) is -1.88.